The second-order valence-corrected chi connectivity index (χ2v) is 6.47. The molecule has 0 spiro atoms. The number of aromatic nitrogens is 2. The van der Waals surface area contributed by atoms with E-state index in [1.54, 1.807) is 6.20 Å². The maximum Gasteiger partial charge on any atom is 0.147 e. The number of hydrogen-bond acceptors (Lipinski definition) is 6. The lowest BCUT2D eigenvalue weighted by molar-refractivity contribution is 0.674. The molecule has 6 heteroatoms. The Balaban J connectivity index is 2.29. The summed E-state index contributed by atoms with van der Waals surface area (Å²) >= 11 is 3.33. The maximum atomic E-state index is 6.05. The van der Waals surface area contributed by atoms with Gasteiger partial charge >= 0.3 is 0 Å². The van der Waals surface area contributed by atoms with Crippen molar-refractivity contribution in [1.29, 1.82) is 0 Å². The second kappa shape index (κ2) is 6.95. The zero-order valence-corrected chi connectivity index (χ0v) is 13.7. The molecule has 1 atom stereocenters. The summed E-state index contributed by atoms with van der Waals surface area (Å²) in [6.45, 7) is 2.24. The summed E-state index contributed by atoms with van der Waals surface area (Å²) < 4.78 is 4.32. The number of rotatable bonds is 6. The number of nitrogens with zero attached hydrogens (tertiary/aromatic N) is 3. The molecule has 0 aromatic carbocycles. The van der Waals surface area contributed by atoms with Crippen molar-refractivity contribution < 1.29 is 0 Å². The fourth-order valence-corrected chi connectivity index (χ4v) is 3.47. The number of pyridine rings is 1. The highest BCUT2D eigenvalue weighted by Crippen LogP contribution is 2.39. The molecule has 0 bridgehead atoms. The van der Waals surface area contributed by atoms with Gasteiger partial charge in [-0.05, 0) is 43.0 Å². The smallest absolute Gasteiger partial charge is 0.147 e. The minimum absolute atomic E-state index is 0.456. The van der Waals surface area contributed by atoms with Crippen LogP contribution in [0, 0.1) is 0 Å². The van der Waals surface area contributed by atoms with Crippen molar-refractivity contribution in [1.82, 2.24) is 9.36 Å². The molecule has 0 saturated carbocycles. The van der Waals surface area contributed by atoms with E-state index in [1.165, 1.54) is 11.5 Å². The Hall–Kier alpha value is -1.27. The van der Waals surface area contributed by atoms with E-state index in [9.17, 15) is 0 Å². The summed E-state index contributed by atoms with van der Waals surface area (Å²) in [5, 5.41) is 1.11. The van der Waals surface area contributed by atoms with Crippen molar-refractivity contribution >= 4 is 34.1 Å². The van der Waals surface area contributed by atoms with E-state index < -0.39 is 0 Å². The van der Waals surface area contributed by atoms with Gasteiger partial charge in [0, 0.05) is 31.0 Å². The van der Waals surface area contributed by atoms with Crippen molar-refractivity contribution in [3.05, 3.63) is 24.5 Å². The summed E-state index contributed by atoms with van der Waals surface area (Å²) in [5.74, 6) is 1.74. The van der Waals surface area contributed by atoms with Crippen LogP contribution in [-0.2, 0) is 0 Å². The average Bonchev–Trinajstić information content (AvgIpc) is 2.86. The van der Waals surface area contributed by atoms with Crippen LogP contribution in [0.5, 0.6) is 0 Å². The molecule has 2 aromatic heterocycles. The predicted octanol–water partition coefficient (Wildman–Crippen LogP) is 3.37. The van der Waals surface area contributed by atoms with Gasteiger partial charge in [0.05, 0.1) is 5.56 Å². The molecule has 0 aliphatic rings. The Bertz CT molecular complexity index is 541. The Labute approximate surface area is 128 Å². The largest absolute Gasteiger partial charge is 0.382 e. The van der Waals surface area contributed by atoms with Gasteiger partial charge in [0.15, 0.2) is 0 Å². The van der Waals surface area contributed by atoms with Crippen LogP contribution in [0.1, 0.15) is 13.3 Å². The highest BCUT2D eigenvalue weighted by molar-refractivity contribution is 7.98. The van der Waals surface area contributed by atoms with Crippen molar-refractivity contribution in [2.45, 2.75) is 19.4 Å². The first-order valence-electron chi connectivity index (χ1n) is 6.52. The van der Waals surface area contributed by atoms with Gasteiger partial charge in [-0.15, -0.1) is 0 Å². The highest BCUT2D eigenvalue weighted by atomic mass is 32.2. The van der Waals surface area contributed by atoms with E-state index in [1.807, 2.05) is 30.1 Å². The average molecular weight is 308 g/mol. The molecule has 2 rings (SSSR count). The van der Waals surface area contributed by atoms with Crippen molar-refractivity contribution in [2.24, 2.45) is 0 Å². The third-order valence-electron chi connectivity index (χ3n) is 3.37. The molecule has 4 nitrogen and oxygen atoms in total. The zero-order valence-electron chi connectivity index (χ0n) is 12.0. The highest BCUT2D eigenvalue weighted by Gasteiger charge is 2.20. The molecule has 20 heavy (non-hydrogen) atoms. The molecule has 1 unspecified atom stereocenters. The van der Waals surface area contributed by atoms with Crippen LogP contribution >= 0.6 is 23.3 Å². The molecule has 0 saturated heterocycles. The summed E-state index contributed by atoms with van der Waals surface area (Å²) in [7, 11) is 2.11. The molecule has 2 heterocycles. The lowest BCUT2D eigenvalue weighted by Crippen LogP contribution is -2.29. The van der Waals surface area contributed by atoms with E-state index in [4.69, 9.17) is 5.73 Å². The SMILES string of the molecule is CSCCC(C)N(C)c1snc(N)c1-c1cccnc1. The molecule has 0 radical (unpaired) electrons. The Morgan fingerprint density at radius 1 is 1.50 bits per heavy atom. The Morgan fingerprint density at radius 3 is 2.95 bits per heavy atom. The van der Waals surface area contributed by atoms with E-state index in [-0.39, 0.29) is 0 Å². The molecule has 2 N–H and O–H groups in total. The summed E-state index contributed by atoms with van der Waals surface area (Å²) in [4.78, 5) is 6.45. The van der Waals surface area contributed by atoms with Crippen molar-refractivity contribution in [3.8, 4) is 11.1 Å². The minimum atomic E-state index is 0.456. The van der Waals surface area contributed by atoms with Gasteiger partial charge in [0.1, 0.15) is 10.8 Å². The van der Waals surface area contributed by atoms with E-state index >= 15 is 0 Å². The van der Waals surface area contributed by atoms with Crippen LogP contribution in [-0.4, -0.2) is 34.5 Å². The fourth-order valence-electron chi connectivity index (χ4n) is 2.00. The van der Waals surface area contributed by atoms with Gasteiger partial charge in [-0.3, -0.25) is 4.98 Å². The molecule has 108 valence electrons. The summed E-state index contributed by atoms with van der Waals surface area (Å²) in [5.41, 5.74) is 8.08. The summed E-state index contributed by atoms with van der Waals surface area (Å²) in [6, 6.07) is 4.40. The third kappa shape index (κ3) is 3.24. The first-order chi connectivity index (χ1) is 9.65. The van der Waals surface area contributed by atoms with Gasteiger partial charge in [0.25, 0.3) is 0 Å². The van der Waals surface area contributed by atoms with Crippen LogP contribution < -0.4 is 10.6 Å². The van der Waals surface area contributed by atoms with Gasteiger partial charge in [0.2, 0.25) is 0 Å². The summed E-state index contributed by atoms with van der Waals surface area (Å²) in [6.07, 6.45) is 6.88. The molecule has 2 aromatic rings. The molecular formula is C14H20N4S2. The quantitative estimate of drug-likeness (QED) is 0.886. The number of thioether (sulfide) groups is 1. The Kier molecular flexibility index (Phi) is 5.25. The topological polar surface area (TPSA) is 55.0 Å². The van der Waals surface area contributed by atoms with Crippen LogP contribution in [0.15, 0.2) is 24.5 Å². The molecule has 0 aliphatic carbocycles. The lowest BCUT2D eigenvalue weighted by Gasteiger charge is -2.26. The monoisotopic (exact) mass is 308 g/mol. The minimum Gasteiger partial charge on any atom is -0.382 e. The fraction of sp³-hybridized carbons (Fsp3) is 0.429. The molecular weight excluding hydrogens is 288 g/mol. The third-order valence-corrected chi connectivity index (χ3v) is 4.97. The standard InChI is InChI=1S/C14H20N4S2/c1-10(6-8-19-3)18(2)14-12(13(15)17-20-14)11-5-4-7-16-9-11/h4-5,7,9-10H,6,8H2,1-3H3,(H2,15,17). The van der Waals surface area contributed by atoms with Crippen LogP contribution in [0.4, 0.5) is 10.8 Å². The number of nitrogens with two attached hydrogens (primary N) is 1. The zero-order chi connectivity index (χ0) is 14.5. The van der Waals surface area contributed by atoms with Gasteiger partial charge < -0.3 is 10.6 Å². The maximum absolute atomic E-state index is 6.05. The molecule has 0 fully saturated rings. The van der Waals surface area contributed by atoms with E-state index in [2.05, 4.69) is 34.5 Å². The van der Waals surface area contributed by atoms with Gasteiger partial charge in [-0.1, -0.05) is 6.07 Å². The van der Waals surface area contributed by atoms with Crippen LogP contribution in [0.2, 0.25) is 0 Å². The number of hydrogen-bond donors (Lipinski definition) is 1. The van der Waals surface area contributed by atoms with Crippen molar-refractivity contribution in [3.63, 3.8) is 0 Å². The first-order valence-corrected chi connectivity index (χ1v) is 8.69. The number of anilines is 2. The van der Waals surface area contributed by atoms with E-state index in [0.717, 1.165) is 28.3 Å². The normalized spacial score (nSPS) is 12.3. The second-order valence-electron chi connectivity index (χ2n) is 4.73. The lowest BCUT2D eigenvalue weighted by atomic mass is 10.1. The van der Waals surface area contributed by atoms with Crippen molar-refractivity contribution in [2.75, 3.05) is 29.7 Å². The van der Waals surface area contributed by atoms with E-state index in [0.29, 0.717) is 11.9 Å². The Morgan fingerprint density at radius 2 is 2.30 bits per heavy atom. The molecule has 0 amide bonds. The van der Waals surface area contributed by atoms with Crippen LogP contribution in [0.25, 0.3) is 11.1 Å². The van der Waals surface area contributed by atoms with Crippen LogP contribution in [0.3, 0.4) is 0 Å². The number of nitrogen functional groups attached to an aromatic ring is 1. The molecule has 0 aliphatic heterocycles. The van der Waals surface area contributed by atoms with Gasteiger partial charge in [-0.25, -0.2) is 0 Å². The predicted molar refractivity (Wildman–Crippen MR) is 90.6 cm³/mol. The first kappa shape index (κ1) is 15.1. The van der Waals surface area contributed by atoms with Gasteiger partial charge in [-0.2, -0.15) is 16.1 Å².